The van der Waals surface area contributed by atoms with Crippen LogP contribution in [0.5, 0.6) is 17.2 Å². The summed E-state index contributed by atoms with van der Waals surface area (Å²) in [4.78, 5) is 0. The molecule has 0 aliphatic rings. The van der Waals surface area contributed by atoms with Crippen molar-refractivity contribution in [2.24, 2.45) is 0 Å². The van der Waals surface area contributed by atoms with E-state index in [1.165, 1.54) is 5.56 Å². The van der Waals surface area contributed by atoms with Crippen molar-refractivity contribution < 1.29 is 9.47 Å². The van der Waals surface area contributed by atoms with Crippen LogP contribution in [-0.2, 0) is 0 Å². The summed E-state index contributed by atoms with van der Waals surface area (Å²) in [5, 5.41) is 0. The first kappa shape index (κ1) is 15.2. The molecule has 2 aromatic carbocycles. The summed E-state index contributed by atoms with van der Waals surface area (Å²) < 4.78 is 11.5. The Labute approximate surface area is 126 Å². The minimum absolute atomic E-state index is 0.0767. The zero-order valence-corrected chi connectivity index (χ0v) is 13.1. The fourth-order valence-corrected chi connectivity index (χ4v) is 2.02. The first-order chi connectivity index (χ1) is 9.97. The standard InChI is InChI=1S/C18H23NO2/c1-12(2)14-8-10-15(11-9-14)21-17-7-5-6-16(18(17)19)20-13(3)4/h5-13H,19H2,1-4H3. The topological polar surface area (TPSA) is 44.5 Å². The van der Waals surface area contributed by atoms with Crippen LogP contribution in [0.25, 0.3) is 0 Å². The van der Waals surface area contributed by atoms with Crippen LogP contribution >= 0.6 is 0 Å². The summed E-state index contributed by atoms with van der Waals surface area (Å²) >= 11 is 0. The molecular weight excluding hydrogens is 262 g/mol. The molecule has 0 fully saturated rings. The van der Waals surface area contributed by atoms with E-state index < -0.39 is 0 Å². The Morgan fingerprint density at radius 2 is 1.48 bits per heavy atom. The molecule has 0 aromatic heterocycles. The Bertz CT molecular complexity index is 589. The fourth-order valence-electron chi connectivity index (χ4n) is 2.02. The summed E-state index contributed by atoms with van der Waals surface area (Å²) in [6.07, 6.45) is 0.0767. The van der Waals surface area contributed by atoms with Gasteiger partial charge in [0.05, 0.1) is 6.10 Å². The minimum atomic E-state index is 0.0767. The van der Waals surface area contributed by atoms with E-state index in [4.69, 9.17) is 15.2 Å². The van der Waals surface area contributed by atoms with Crippen molar-refractivity contribution in [3.63, 3.8) is 0 Å². The van der Waals surface area contributed by atoms with Crippen molar-refractivity contribution in [3.8, 4) is 17.2 Å². The molecule has 0 atom stereocenters. The van der Waals surface area contributed by atoms with Crippen molar-refractivity contribution in [2.75, 3.05) is 5.73 Å². The molecule has 21 heavy (non-hydrogen) atoms. The lowest BCUT2D eigenvalue weighted by Gasteiger charge is -2.15. The van der Waals surface area contributed by atoms with Gasteiger partial charge in [0, 0.05) is 0 Å². The van der Waals surface area contributed by atoms with Crippen LogP contribution in [-0.4, -0.2) is 6.10 Å². The fraction of sp³-hybridized carbons (Fsp3) is 0.333. The molecule has 0 aliphatic heterocycles. The van der Waals surface area contributed by atoms with Crippen LogP contribution in [0.15, 0.2) is 42.5 Å². The van der Waals surface area contributed by atoms with Gasteiger partial charge in [-0.05, 0) is 49.6 Å². The Balaban J connectivity index is 2.19. The number of nitrogen functional groups attached to an aromatic ring is 1. The molecule has 2 rings (SSSR count). The Hall–Kier alpha value is -2.16. The van der Waals surface area contributed by atoms with E-state index in [1.54, 1.807) is 0 Å². The first-order valence-electron chi connectivity index (χ1n) is 7.30. The molecule has 0 saturated heterocycles. The van der Waals surface area contributed by atoms with Gasteiger partial charge < -0.3 is 15.2 Å². The molecule has 2 N–H and O–H groups in total. The molecule has 0 unspecified atom stereocenters. The second-order valence-electron chi connectivity index (χ2n) is 5.66. The highest BCUT2D eigenvalue weighted by Crippen LogP contribution is 2.35. The van der Waals surface area contributed by atoms with Crippen molar-refractivity contribution in [2.45, 2.75) is 39.7 Å². The molecule has 0 bridgehead atoms. The summed E-state index contributed by atoms with van der Waals surface area (Å²) in [5.41, 5.74) is 7.92. The normalized spacial score (nSPS) is 11.0. The van der Waals surface area contributed by atoms with Crippen molar-refractivity contribution in [1.29, 1.82) is 0 Å². The van der Waals surface area contributed by atoms with Crippen molar-refractivity contribution >= 4 is 5.69 Å². The van der Waals surface area contributed by atoms with E-state index in [-0.39, 0.29) is 6.10 Å². The third kappa shape index (κ3) is 3.91. The highest BCUT2D eigenvalue weighted by molar-refractivity contribution is 5.63. The van der Waals surface area contributed by atoms with E-state index in [1.807, 2.05) is 44.2 Å². The van der Waals surface area contributed by atoms with Gasteiger partial charge in [-0.25, -0.2) is 0 Å². The molecule has 112 valence electrons. The first-order valence-corrected chi connectivity index (χ1v) is 7.30. The maximum atomic E-state index is 6.11. The number of nitrogens with two attached hydrogens (primary N) is 1. The van der Waals surface area contributed by atoms with Gasteiger partial charge in [0.15, 0.2) is 5.75 Å². The molecule has 0 saturated carbocycles. The molecule has 0 aliphatic carbocycles. The highest BCUT2D eigenvalue weighted by atomic mass is 16.5. The monoisotopic (exact) mass is 285 g/mol. The second kappa shape index (κ2) is 6.53. The van der Waals surface area contributed by atoms with E-state index in [0.29, 0.717) is 23.1 Å². The van der Waals surface area contributed by atoms with Crippen molar-refractivity contribution in [1.82, 2.24) is 0 Å². The number of hydrogen-bond donors (Lipinski definition) is 1. The molecule has 0 amide bonds. The smallest absolute Gasteiger partial charge is 0.154 e. The lowest BCUT2D eigenvalue weighted by Crippen LogP contribution is -2.07. The van der Waals surface area contributed by atoms with Gasteiger partial charge in [-0.1, -0.05) is 32.0 Å². The minimum Gasteiger partial charge on any atom is -0.489 e. The second-order valence-corrected chi connectivity index (χ2v) is 5.66. The number of para-hydroxylation sites is 1. The van der Waals surface area contributed by atoms with Gasteiger partial charge in [-0.2, -0.15) is 0 Å². The summed E-state index contributed by atoms with van der Waals surface area (Å²) in [5.74, 6) is 2.55. The van der Waals surface area contributed by atoms with E-state index in [9.17, 15) is 0 Å². The Morgan fingerprint density at radius 1 is 0.857 bits per heavy atom. The summed E-state index contributed by atoms with van der Waals surface area (Å²) in [6.45, 7) is 8.27. The predicted octanol–water partition coefficient (Wildman–Crippen LogP) is 4.97. The largest absolute Gasteiger partial charge is 0.489 e. The van der Waals surface area contributed by atoms with Crippen LogP contribution < -0.4 is 15.2 Å². The highest BCUT2D eigenvalue weighted by Gasteiger charge is 2.09. The number of ether oxygens (including phenoxy) is 2. The molecule has 2 aromatic rings. The van der Waals surface area contributed by atoms with Crippen LogP contribution in [0.3, 0.4) is 0 Å². The number of rotatable bonds is 5. The third-order valence-corrected chi connectivity index (χ3v) is 3.16. The Morgan fingerprint density at radius 3 is 2.05 bits per heavy atom. The number of benzene rings is 2. The van der Waals surface area contributed by atoms with Gasteiger partial charge in [0.1, 0.15) is 17.2 Å². The van der Waals surface area contributed by atoms with E-state index in [0.717, 1.165) is 5.75 Å². The molecule has 0 heterocycles. The summed E-state index contributed by atoms with van der Waals surface area (Å²) in [7, 11) is 0. The molecule has 0 radical (unpaired) electrons. The predicted molar refractivity (Wildman–Crippen MR) is 87.2 cm³/mol. The zero-order chi connectivity index (χ0) is 15.4. The lowest BCUT2D eigenvalue weighted by atomic mass is 10.0. The van der Waals surface area contributed by atoms with Gasteiger partial charge in [0.2, 0.25) is 0 Å². The zero-order valence-electron chi connectivity index (χ0n) is 13.1. The average Bonchev–Trinajstić information content (AvgIpc) is 2.43. The Kier molecular flexibility index (Phi) is 4.73. The van der Waals surface area contributed by atoms with Gasteiger partial charge in [-0.3, -0.25) is 0 Å². The van der Waals surface area contributed by atoms with Crippen LogP contribution in [0.2, 0.25) is 0 Å². The molecular formula is C18H23NO2. The SMILES string of the molecule is CC(C)Oc1cccc(Oc2ccc(C(C)C)cc2)c1N. The third-order valence-electron chi connectivity index (χ3n) is 3.16. The van der Waals surface area contributed by atoms with Crippen LogP contribution in [0.1, 0.15) is 39.2 Å². The molecule has 3 heteroatoms. The van der Waals surface area contributed by atoms with E-state index >= 15 is 0 Å². The number of hydrogen-bond acceptors (Lipinski definition) is 3. The maximum absolute atomic E-state index is 6.11. The van der Waals surface area contributed by atoms with Gasteiger partial charge >= 0.3 is 0 Å². The van der Waals surface area contributed by atoms with Crippen LogP contribution in [0, 0.1) is 0 Å². The van der Waals surface area contributed by atoms with Crippen LogP contribution in [0.4, 0.5) is 5.69 Å². The van der Waals surface area contributed by atoms with Gasteiger partial charge in [-0.15, -0.1) is 0 Å². The summed E-state index contributed by atoms with van der Waals surface area (Å²) in [6, 6.07) is 13.7. The van der Waals surface area contributed by atoms with Gasteiger partial charge in [0.25, 0.3) is 0 Å². The van der Waals surface area contributed by atoms with Crippen molar-refractivity contribution in [3.05, 3.63) is 48.0 Å². The molecule has 3 nitrogen and oxygen atoms in total. The molecule has 0 spiro atoms. The number of anilines is 1. The van der Waals surface area contributed by atoms with E-state index in [2.05, 4.69) is 26.0 Å². The lowest BCUT2D eigenvalue weighted by molar-refractivity contribution is 0.243. The quantitative estimate of drug-likeness (QED) is 0.789. The average molecular weight is 285 g/mol. The maximum Gasteiger partial charge on any atom is 0.154 e.